The third-order valence-corrected chi connectivity index (χ3v) is 7.81. The lowest BCUT2D eigenvalue weighted by Gasteiger charge is -2.42. The van der Waals surface area contributed by atoms with Gasteiger partial charge in [0.25, 0.3) is 0 Å². The minimum Gasteiger partial charge on any atom is -0.355 e. The molecule has 1 aliphatic carbocycles. The highest BCUT2D eigenvalue weighted by Gasteiger charge is 2.43. The fourth-order valence-electron chi connectivity index (χ4n) is 5.74. The molecule has 208 valence electrons. The SMILES string of the molecule is O=C(Nc1ccc(C(F)(F)F)cc1)N1CCCC(Cc2ccccc2)(C(=O)NCCC2=CCc3ccccc32)C1. The molecule has 40 heavy (non-hydrogen) atoms. The van der Waals surface area contributed by atoms with Gasteiger partial charge >= 0.3 is 12.2 Å². The first-order valence-corrected chi connectivity index (χ1v) is 13.6. The molecule has 3 amide bonds. The Morgan fingerprint density at radius 2 is 1.65 bits per heavy atom. The van der Waals surface area contributed by atoms with E-state index in [1.165, 1.54) is 28.8 Å². The molecule has 1 unspecified atom stereocenters. The van der Waals surface area contributed by atoms with Crippen LogP contribution in [0.25, 0.3) is 5.57 Å². The fourth-order valence-corrected chi connectivity index (χ4v) is 5.74. The van der Waals surface area contributed by atoms with E-state index in [4.69, 9.17) is 0 Å². The number of halogens is 3. The molecule has 5 nitrogen and oxygen atoms in total. The van der Waals surface area contributed by atoms with Gasteiger partial charge in [0.2, 0.25) is 5.91 Å². The summed E-state index contributed by atoms with van der Waals surface area (Å²) in [6, 6.07) is 22.0. The van der Waals surface area contributed by atoms with Crippen LogP contribution < -0.4 is 10.6 Å². The number of urea groups is 1. The highest BCUT2D eigenvalue weighted by atomic mass is 19.4. The molecule has 2 aliphatic rings. The lowest BCUT2D eigenvalue weighted by Crippen LogP contribution is -2.55. The number of nitrogens with one attached hydrogen (secondary N) is 2. The van der Waals surface area contributed by atoms with Gasteiger partial charge in [-0.2, -0.15) is 13.2 Å². The number of carbonyl (C=O) groups excluding carboxylic acids is 2. The van der Waals surface area contributed by atoms with Crippen LogP contribution in [0.4, 0.5) is 23.7 Å². The zero-order valence-electron chi connectivity index (χ0n) is 22.1. The van der Waals surface area contributed by atoms with Crippen molar-refractivity contribution in [2.45, 2.75) is 38.3 Å². The number of alkyl halides is 3. The molecule has 0 spiro atoms. The van der Waals surface area contributed by atoms with Crippen LogP contribution in [0.15, 0.2) is 84.9 Å². The number of carbonyl (C=O) groups is 2. The van der Waals surface area contributed by atoms with E-state index in [0.717, 1.165) is 30.5 Å². The average Bonchev–Trinajstić information content (AvgIpc) is 3.36. The van der Waals surface area contributed by atoms with Crippen molar-refractivity contribution >= 4 is 23.2 Å². The minimum atomic E-state index is -4.45. The van der Waals surface area contributed by atoms with Crippen LogP contribution in [0.5, 0.6) is 0 Å². The first kappa shape index (κ1) is 27.5. The first-order chi connectivity index (χ1) is 19.2. The van der Waals surface area contributed by atoms with Gasteiger partial charge < -0.3 is 15.5 Å². The van der Waals surface area contributed by atoms with E-state index in [0.29, 0.717) is 32.4 Å². The van der Waals surface area contributed by atoms with Gasteiger partial charge in [-0.25, -0.2) is 4.79 Å². The summed E-state index contributed by atoms with van der Waals surface area (Å²) in [5, 5.41) is 5.86. The maximum absolute atomic E-state index is 13.8. The van der Waals surface area contributed by atoms with Crippen molar-refractivity contribution in [3.63, 3.8) is 0 Å². The zero-order chi connectivity index (χ0) is 28.2. The van der Waals surface area contributed by atoms with Crippen molar-refractivity contribution in [1.29, 1.82) is 0 Å². The van der Waals surface area contributed by atoms with Gasteiger partial charge in [-0.05, 0) is 78.6 Å². The van der Waals surface area contributed by atoms with E-state index in [9.17, 15) is 22.8 Å². The molecule has 8 heteroatoms. The normalized spacial score (nSPS) is 18.6. The Labute approximate surface area is 232 Å². The smallest absolute Gasteiger partial charge is 0.355 e. The molecule has 0 radical (unpaired) electrons. The molecule has 1 aliphatic heterocycles. The summed E-state index contributed by atoms with van der Waals surface area (Å²) < 4.78 is 38.8. The molecule has 2 N–H and O–H groups in total. The fraction of sp³-hybridized carbons (Fsp3) is 0.312. The van der Waals surface area contributed by atoms with Crippen molar-refractivity contribution < 1.29 is 22.8 Å². The number of allylic oxidation sites excluding steroid dienone is 1. The summed E-state index contributed by atoms with van der Waals surface area (Å²) in [5.41, 5.74) is 3.44. The van der Waals surface area contributed by atoms with Crippen molar-refractivity contribution in [1.82, 2.24) is 10.2 Å². The van der Waals surface area contributed by atoms with E-state index < -0.39 is 23.2 Å². The third kappa shape index (κ3) is 6.22. The van der Waals surface area contributed by atoms with Crippen LogP contribution in [0.3, 0.4) is 0 Å². The van der Waals surface area contributed by atoms with Crippen LogP contribution in [-0.4, -0.2) is 36.5 Å². The van der Waals surface area contributed by atoms with Gasteiger partial charge in [0.1, 0.15) is 0 Å². The van der Waals surface area contributed by atoms with E-state index in [-0.39, 0.29) is 18.1 Å². The summed E-state index contributed by atoms with van der Waals surface area (Å²) in [4.78, 5) is 28.6. The summed E-state index contributed by atoms with van der Waals surface area (Å²) in [6.45, 7) is 1.17. The number of amides is 3. The second kappa shape index (κ2) is 11.6. The average molecular weight is 548 g/mol. The Morgan fingerprint density at radius 3 is 2.40 bits per heavy atom. The molecule has 3 aromatic rings. The van der Waals surface area contributed by atoms with Crippen LogP contribution in [0.1, 0.15) is 41.5 Å². The molecule has 1 heterocycles. The number of piperidine rings is 1. The lowest BCUT2D eigenvalue weighted by atomic mass is 9.74. The Bertz CT molecular complexity index is 1390. The van der Waals surface area contributed by atoms with Crippen LogP contribution in [-0.2, 0) is 23.8 Å². The topological polar surface area (TPSA) is 61.4 Å². The number of nitrogens with zero attached hydrogens (tertiary/aromatic N) is 1. The van der Waals surface area contributed by atoms with Crippen LogP contribution in [0.2, 0.25) is 0 Å². The van der Waals surface area contributed by atoms with Gasteiger partial charge in [0.05, 0.1) is 11.0 Å². The lowest BCUT2D eigenvalue weighted by molar-refractivity contribution is -0.137. The number of benzene rings is 3. The largest absolute Gasteiger partial charge is 0.416 e. The maximum atomic E-state index is 13.8. The number of fused-ring (bicyclic) bond motifs is 1. The number of likely N-dealkylation sites (tertiary alicyclic amines) is 1. The molecule has 0 aromatic heterocycles. The monoisotopic (exact) mass is 547 g/mol. The minimum absolute atomic E-state index is 0.0877. The molecule has 1 fully saturated rings. The molecule has 1 saturated heterocycles. The number of rotatable bonds is 7. The Morgan fingerprint density at radius 1 is 0.925 bits per heavy atom. The molecule has 5 rings (SSSR count). The number of hydrogen-bond acceptors (Lipinski definition) is 2. The van der Waals surface area contributed by atoms with Crippen LogP contribution >= 0.6 is 0 Å². The van der Waals surface area contributed by atoms with E-state index >= 15 is 0 Å². The highest BCUT2D eigenvalue weighted by Crippen LogP contribution is 2.36. The maximum Gasteiger partial charge on any atom is 0.416 e. The quantitative estimate of drug-likeness (QED) is 0.346. The Kier molecular flexibility index (Phi) is 7.96. The standard InChI is InChI=1S/C32H32F3N3O2/c33-32(34,35)26-13-15-27(16-14-26)37-30(40)38-20-6-18-31(22-38,21-23-7-2-1-3-8-23)29(39)36-19-17-25-12-11-24-9-4-5-10-28(24)25/h1-5,7-10,12-16H,6,11,17-22H2,(H,36,39)(H,37,40). The number of anilines is 1. The predicted molar refractivity (Wildman–Crippen MR) is 150 cm³/mol. The summed E-state index contributed by atoms with van der Waals surface area (Å²) >= 11 is 0. The first-order valence-electron chi connectivity index (χ1n) is 13.6. The third-order valence-electron chi connectivity index (χ3n) is 7.81. The van der Waals surface area contributed by atoms with Gasteiger partial charge in [-0.3, -0.25) is 4.79 Å². The Hall–Kier alpha value is -4.07. The van der Waals surface area contributed by atoms with Crippen molar-refractivity contribution in [2.75, 3.05) is 25.0 Å². The second-order valence-corrected chi connectivity index (χ2v) is 10.6. The molecular formula is C32H32F3N3O2. The summed E-state index contributed by atoms with van der Waals surface area (Å²) in [5.74, 6) is -0.0877. The van der Waals surface area contributed by atoms with Gasteiger partial charge in [-0.1, -0.05) is 60.7 Å². The van der Waals surface area contributed by atoms with Gasteiger partial charge in [-0.15, -0.1) is 0 Å². The van der Waals surface area contributed by atoms with E-state index in [2.05, 4.69) is 28.8 Å². The highest BCUT2D eigenvalue weighted by molar-refractivity contribution is 5.91. The Balaban J connectivity index is 1.27. The summed E-state index contributed by atoms with van der Waals surface area (Å²) in [7, 11) is 0. The molecular weight excluding hydrogens is 515 g/mol. The second-order valence-electron chi connectivity index (χ2n) is 10.6. The summed E-state index contributed by atoms with van der Waals surface area (Å²) in [6.07, 6.45) is 1.14. The number of hydrogen-bond donors (Lipinski definition) is 2. The van der Waals surface area contributed by atoms with Crippen molar-refractivity contribution in [3.8, 4) is 0 Å². The van der Waals surface area contributed by atoms with E-state index in [1.54, 1.807) is 4.90 Å². The van der Waals surface area contributed by atoms with Crippen LogP contribution in [0, 0.1) is 5.41 Å². The van der Waals surface area contributed by atoms with Gasteiger partial charge in [0, 0.05) is 25.3 Å². The molecule has 0 saturated carbocycles. The molecule has 1 atom stereocenters. The zero-order valence-corrected chi connectivity index (χ0v) is 22.1. The van der Waals surface area contributed by atoms with E-state index in [1.807, 2.05) is 42.5 Å². The predicted octanol–water partition coefficient (Wildman–Crippen LogP) is 6.71. The van der Waals surface area contributed by atoms with Gasteiger partial charge in [0.15, 0.2) is 0 Å². The molecule has 0 bridgehead atoms. The molecule has 3 aromatic carbocycles. The van der Waals surface area contributed by atoms with Crippen molar-refractivity contribution in [2.24, 2.45) is 5.41 Å². The van der Waals surface area contributed by atoms with Crippen molar-refractivity contribution in [3.05, 3.63) is 107 Å².